The number of hydrogen-bond donors (Lipinski definition) is 1. The van der Waals surface area contributed by atoms with E-state index in [1.165, 1.54) is 17.4 Å². The summed E-state index contributed by atoms with van der Waals surface area (Å²) in [7, 11) is 0. The Morgan fingerprint density at radius 1 is 1.39 bits per heavy atom. The third-order valence-corrected chi connectivity index (χ3v) is 5.66. The maximum atomic E-state index is 13.0. The van der Waals surface area contributed by atoms with Gasteiger partial charge in [-0.15, -0.1) is 11.3 Å². The standard InChI is InChI=1S/C18H15F3N4OS2/c1-2-6-25-14-8-12(18(19,20)21)3-4-13(14)23-17(25)28-10-15(26)24-16-11(9-22)5-7-27-16/h3-5,7-8H,2,6,10H2,1H3,(H,24,26). The van der Waals surface area contributed by atoms with Crippen molar-refractivity contribution < 1.29 is 18.0 Å². The Kier molecular flexibility index (Phi) is 5.96. The Hall–Kier alpha value is -2.51. The van der Waals surface area contributed by atoms with E-state index in [0.29, 0.717) is 39.7 Å². The molecule has 0 aliphatic carbocycles. The molecule has 5 nitrogen and oxygen atoms in total. The minimum atomic E-state index is -4.43. The van der Waals surface area contributed by atoms with Crippen LogP contribution in [0.25, 0.3) is 11.0 Å². The second-order valence-electron chi connectivity index (χ2n) is 5.86. The number of hydrogen-bond acceptors (Lipinski definition) is 5. The highest BCUT2D eigenvalue weighted by Gasteiger charge is 2.31. The number of thiophene rings is 1. The summed E-state index contributed by atoms with van der Waals surface area (Å²) < 4.78 is 40.8. The number of aromatic nitrogens is 2. The molecule has 0 radical (unpaired) electrons. The monoisotopic (exact) mass is 424 g/mol. The SMILES string of the molecule is CCCn1c(SCC(=O)Nc2sccc2C#N)nc2ccc(C(F)(F)F)cc21. The predicted molar refractivity (Wildman–Crippen MR) is 103 cm³/mol. The number of halogens is 3. The molecule has 1 N–H and O–H groups in total. The fraction of sp³-hybridized carbons (Fsp3) is 0.278. The largest absolute Gasteiger partial charge is 0.416 e. The number of imidazole rings is 1. The molecule has 0 unspecified atom stereocenters. The Bertz CT molecular complexity index is 1050. The van der Waals surface area contributed by atoms with E-state index in [2.05, 4.69) is 10.3 Å². The number of anilines is 1. The zero-order valence-corrected chi connectivity index (χ0v) is 16.3. The number of carbonyl (C=O) groups excluding carboxylic acids is 1. The maximum absolute atomic E-state index is 13.0. The van der Waals surface area contributed by atoms with Gasteiger partial charge in [-0.2, -0.15) is 18.4 Å². The van der Waals surface area contributed by atoms with Crippen LogP contribution >= 0.6 is 23.1 Å². The van der Waals surface area contributed by atoms with E-state index in [0.717, 1.165) is 23.9 Å². The van der Waals surface area contributed by atoms with E-state index in [1.54, 1.807) is 16.0 Å². The van der Waals surface area contributed by atoms with Crippen LogP contribution in [0, 0.1) is 11.3 Å². The lowest BCUT2D eigenvalue weighted by atomic mass is 10.2. The molecule has 2 aromatic heterocycles. The van der Waals surface area contributed by atoms with Crippen molar-refractivity contribution in [1.29, 1.82) is 5.26 Å². The van der Waals surface area contributed by atoms with E-state index in [-0.39, 0.29) is 11.7 Å². The van der Waals surface area contributed by atoms with Gasteiger partial charge in [0.05, 0.1) is 27.9 Å². The molecule has 0 saturated carbocycles. The summed E-state index contributed by atoms with van der Waals surface area (Å²) in [5.41, 5.74) is 0.508. The molecule has 28 heavy (non-hydrogen) atoms. The summed E-state index contributed by atoms with van der Waals surface area (Å²) in [4.78, 5) is 16.6. The first-order chi connectivity index (χ1) is 13.3. The number of amides is 1. The molecule has 1 aromatic carbocycles. The van der Waals surface area contributed by atoms with Gasteiger partial charge in [-0.3, -0.25) is 4.79 Å². The van der Waals surface area contributed by atoms with Crippen LogP contribution in [0.2, 0.25) is 0 Å². The van der Waals surface area contributed by atoms with Gasteiger partial charge in [-0.25, -0.2) is 4.98 Å². The van der Waals surface area contributed by atoms with E-state index in [1.807, 2.05) is 13.0 Å². The number of nitrogens with zero attached hydrogens (tertiary/aromatic N) is 3. The summed E-state index contributed by atoms with van der Waals surface area (Å²) in [6, 6.07) is 7.06. The van der Waals surface area contributed by atoms with Crippen LogP contribution in [-0.2, 0) is 17.5 Å². The van der Waals surface area contributed by atoms with Crippen LogP contribution in [0.5, 0.6) is 0 Å². The van der Waals surface area contributed by atoms with Gasteiger partial charge in [-0.05, 0) is 36.1 Å². The van der Waals surface area contributed by atoms with E-state index < -0.39 is 11.7 Å². The van der Waals surface area contributed by atoms with Gasteiger partial charge < -0.3 is 9.88 Å². The van der Waals surface area contributed by atoms with Gasteiger partial charge in [-0.1, -0.05) is 18.7 Å². The summed E-state index contributed by atoms with van der Waals surface area (Å²) in [5, 5.41) is 14.3. The van der Waals surface area contributed by atoms with Gasteiger partial charge in [0.15, 0.2) is 5.16 Å². The number of nitrogens with one attached hydrogen (secondary N) is 1. The van der Waals surface area contributed by atoms with Crippen molar-refractivity contribution in [3.05, 3.63) is 40.8 Å². The van der Waals surface area contributed by atoms with Crippen LogP contribution in [-0.4, -0.2) is 21.2 Å². The fourth-order valence-electron chi connectivity index (χ4n) is 2.61. The van der Waals surface area contributed by atoms with Crippen LogP contribution in [0.3, 0.4) is 0 Å². The summed E-state index contributed by atoms with van der Waals surface area (Å²) in [6.07, 6.45) is -3.72. The van der Waals surface area contributed by atoms with Gasteiger partial charge in [0.2, 0.25) is 5.91 Å². The van der Waals surface area contributed by atoms with E-state index in [4.69, 9.17) is 5.26 Å². The minimum absolute atomic E-state index is 0.0297. The van der Waals surface area contributed by atoms with Gasteiger partial charge in [0.1, 0.15) is 11.1 Å². The van der Waals surface area contributed by atoms with Crippen molar-refractivity contribution >= 4 is 45.0 Å². The molecule has 0 aliphatic heterocycles. The molecule has 0 bridgehead atoms. The average molecular weight is 424 g/mol. The third kappa shape index (κ3) is 4.31. The van der Waals surface area contributed by atoms with Crippen LogP contribution < -0.4 is 5.32 Å². The topological polar surface area (TPSA) is 70.7 Å². The number of thioether (sulfide) groups is 1. The number of aryl methyl sites for hydroxylation is 1. The van der Waals surface area contributed by atoms with Crippen molar-refractivity contribution in [2.45, 2.75) is 31.2 Å². The number of benzene rings is 1. The highest BCUT2D eigenvalue weighted by Crippen LogP contribution is 2.33. The molecule has 0 saturated heterocycles. The fourth-order valence-corrected chi connectivity index (χ4v) is 4.21. The lowest BCUT2D eigenvalue weighted by Gasteiger charge is -2.09. The van der Waals surface area contributed by atoms with Crippen molar-refractivity contribution in [2.24, 2.45) is 0 Å². The molecule has 3 rings (SSSR count). The Morgan fingerprint density at radius 3 is 2.86 bits per heavy atom. The molecule has 0 spiro atoms. The highest BCUT2D eigenvalue weighted by molar-refractivity contribution is 7.99. The van der Waals surface area contributed by atoms with Crippen LogP contribution in [0.15, 0.2) is 34.8 Å². The molecule has 1 amide bonds. The van der Waals surface area contributed by atoms with Crippen molar-refractivity contribution in [1.82, 2.24) is 9.55 Å². The smallest absolute Gasteiger partial charge is 0.319 e. The highest BCUT2D eigenvalue weighted by atomic mass is 32.2. The second kappa shape index (κ2) is 8.24. The summed E-state index contributed by atoms with van der Waals surface area (Å²) >= 11 is 2.40. The number of carbonyl (C=O) groups is 1. The molecule has 0 aliphatic rings. The molecule has 2 heterocycles. The van der Waals surface area contributed by atoms with Gasteiger partial charge in [0, 0.05) is 6.54 Å². The minimum Gasteiger partial charge on any atom is -0.319 e. The quantitative estimate of drug-likeness (QED) is 0.557. The van der Waals surface area contributed by atoms with E-state index >= 15 is 0 Å². The number of rotatable bonds is 6. The summed E-state index contributed by atoms with van der Waals surface area (Å²) in [5.74, 6) is -0.280. The summed E-state index contributed by atoms with van der Waals surface area (Å²) in [6.45, 7) is 2.41. The van der Waals surface area contributed by atoms with Gasteiger partial charge in [0.25, 0.3) is 0 Å². The van der Waals surface area contributed by atoms with Crippen molar-refractivity contribution in [3.8, 4) is 6.07 Å². The first-order valence-corrected chi connectivity index (χ1v) is 10.2. The molecule has 10 heteroatoms. The Labute approximate surface area is 167 Å². The average Bonchev–Trinajstić information content (AvgIpc) is 3.23. The molecule has 0 atom stereocenters. The first kappa shape index (κ1) is 20.2. The predicted octanol–water partition coefficient (Wildman–Crippen LogP) is 5.13. The zero-order valence-electron chi connectivity index (χ0n) is 14.7. The molecule has 0 fully saturated rings. The van der Waals surface area contributed by atoms with Crippen LogP contribution in [0.4, 0.5) is 18.2 Å². The van der Waals surface area contributed by atoms with Crippen molar-refractivity contribution in [2.75, 3.05) is 11.1 Å². The Morgan fingerprint density at radius 2 is 2.18 bits per heavy atom. The van der Waals surface area contributed by atoms with E-state index in [9.17, 15) is 18.0 Å². The lowest BCUT2D eigenvalue weighted by molar-refractivity contribution is -0.137. The zero-order chi connectivity index (χ0) is 20.3. The molecular formula is C18H15F3N4OS2. The Balaban J connectivity index is 1.81. The lowest BCUT2D eigenvalue weighted by Crippen LogP contribution is -2.14. The van der Waals surface area contributed by atoms with Gasteiger partial charge >= 0.3 is 6.18 Å². The van der Waals surface area contributed by atoms with Crippen LogP contribution in [0.1, 0.15) is 24.5 Å². The number of nitriles is 1. The number of fused-ring (bicyclic) bond motifs is 1. The second-order valence-corrected chi connectivity index (χ2v) is 7.72. The third-order valence-electron chi connectivity index (χ3n) is 3.86. The number of alkyl halides is 3. The van der Waals surface area contributed by atoms with Crippen molar-refractivity contribution in [3.63, 3.8) is 0 Å². The normalized spacial score (nSPS) is 11.5. The molecule has 3 aromatic rings. The first-order valence-electron chi connectivity index (χ1n) is 8.31. The maximum Gasteiger partial charge on any atom is 0.416 e. The molecular weight excluding hydrogens is 409 g/mol. The molecule has 146 valence electrons.